The molecule has 0 saturated carbocycles. The molecule has 2 aromatic heterocycles. The van der Waals surface area contributed by atoms with Crippen LogP contribution >= 0.6 is 23.1 Å². The second kappa shape index (κ2) is 10.8. The second-order valence-corrected chi connectivity index (χ2v) is 9.66. The molecule has 2 aromatic carbocycles. The van der Waals surface area contributed by atoms with Crippen LogP contribution in [0.1, 0.15) is 22.2 Å². The van der Waals surface area contributed by atoms with E-state index in [0.29, 0.717) is 28.1 Å². The van der Waals surface area contributed by atoms with E-state index in [-0.39, 0.29) is 17.5 Å². The summed E-state index contributed by atoms with van der Waals surface area (Å²) in [7, 11) is 1.32. The summed E-state index contributed by atoms with van der Waals surface area (Å²) in [5.41, 5.74) is 2.71. The van der Waals surface area contributed by atoms with Crippen molar-refractivity contribution in [3.63, 3.8) is 0 Å². The van der Waals surface area contributed by atoms with Crippen LogP contribution in [0.5, 0.6) is 0 Å². The predicted octanol–water partition coefficient (Wildman–Crippen LogP) is 5.66. The van der Waals surface area contributed by atoms with Crippen LogP contribution in [0.25, 0.3) is 22.5 Å². The molecule has 0 spiro atoms. The Bertz CT molecular complexity index is 1350. The lowest BCUT2D eigenvalue weighted by molar-refractivity contribution is -0.113. The number of benzene rings is 2. The van der Waals surface area contributed by atoms with E-state index < -0.39 is 5.97 Å². The number of nitrogens with zero attached hydrogens (tertiary/aromatic N) is 3. The van der Waals surface area contributed by atoms with Crippen molar-refractivity contribution < 1.29 is 18.7 Å². The summed E-state index contributed by atoms with van der Waals surface area (Å²) in [4.78, 5) is 26.4. The Morgan fingerprint density at radius 2 is 1.80 bits per heavy atom. The molecule has 0 fully saturated rings. The number of halogens is 1. The van der Waals surface area contributed by atoms with Gasteiger partial charge in [-0.2, -0.15) is 0 Å². The number of aryl methyl sites for hydroxylation is 1. The molecule has 35 heavy (non-hydrogen) atoms. The van der Waals surface area contributed by atoms with Gasteiger partial charge in [0.15, 0.2) is 11.0 Å². The lowest BCUT2D eigenvalue weighted by Gasteiger charge is -2.09. The number of hydrogen-bond donors (Lipinski definition) is 1. The maximum absolute atomic E-state index is 13.3. The van der Waals surface area contributed by atoms with E-state index in [1.807, 2.05) is 48.7 Å². The normalized spacial score (nSPS) is 10.9. The van der Waals surface area contributed by atoms with Crippen molar-refractivity contribution in [3.05, 3.63) is 70.9 Å². The van der Waals surface area contributed by atoms with Gasteiger partial charge in [-0.05, 0) is 43.7 Å². The predicted molar refractivity (Wildman–Crippen MR) is 136 cm³/mol. The maximum atomic E-state index is 13.3. The Hall–Kier alpha value is -3.50. The molecule has 1 amide bonds. The summed E-state index contributed by atoms with van der Waals surface area (Å²) in [6.07, 6.45) is 0. The van der Waals surface area contributed by atoms with Crippen LogP contribution < -0.4 is 5.32 Å². The summed E-state index contributed by atoms with van der Waals surface area (Å²) in [6.45, 7) is 4.44. The maximum Gasteiger partial charge on any atom is 0.341 e. The average molecular weight is 511 g/mol. The molecule has 0 saturated heterocycles. The molecule has 0 unspecified atom stereocenters. The van der Waals surface area contributed by atoms with Crippen LogP contribution in [-0.4, -0.2) is 39.5 Å². The highest BCUT2D eigenvalue weighted by Crippen LogP contribution is 2.40. The number of carbonyl (C=O) groups excluding carboxylic acids is 2. The zero-order chi connectivity index (χ0) is 24.9. The monoisotopic (exact) mass is 510 g/mol. The molecule has 0 aliphatic heterocycles. The summed E-state index contributed by atoms with van der Waals surface area (Å²) in [5.74, 6) is -0.446. The summed E-state index contributed by atoms with van der Waals surface area (Å²) in [5, 5.41) is 12.3. The SMILES string of the molecule is CCn1c(SCC(=O)Nc2sc(C)c(-c3ccccc3)c2C(=O)OC)nnc1-c1ccc(F)cc1. The second-order valence-electron chi connectivity index (χ2n) is 7.49. The zero-order valence-corrected chi connectivity index (χ0v) is 21.0. The Kier molecular flexibility index (Phi) is 7.62. The molecular formula is C25H23FN4O3S2. The molecule has 4 aromatic rings. The van der Waals surface area contributed by atoms with Crippen molar-refractivity contribution >= 4 is 40.0 Å². The molecule has 0 aliphatic carbocycles. The minimum atomic E-state index is -0.508. The number of thiophene rings is 1. The number of nitrogens with one attached hydrogen (secondary N) is 1. The van der Waals surface area contributed by atoms with E-state index in [1.54, 1.807) is 12.1 Å². The number of amides is 1. The standard InChI is InChI=1S/C25H23FN4O3S2/c1-4-30-22(17-10-12-18(26)13-11-17)28-29-25(30)34-14-19(31)27-23-21(24(32)33-3)20(15(2)35-23)16-8-6-5-7-9-16/h5-13H,4,14H2,1-3H3,(H,27,31). The highest BCUT2D eigenvalue weighted by Gasteiger charge is 2.25. The third kappa shape index (κ3) is 5.28. The fraction of sp³-hybridized carbons (Fsp3) is 0.200. The molecule has 10 heteroatoms. The van der Waals surface area contributed by atoms with E-state index in [1.165, 1.54) is 42.3 Å². The van der Waals surface area contributed by atoms with Gasteiger partial charge < -0.3 is 14.6 Å². The minimum Gasteiger partial charge on any atom is -0.465 e. The lowest BCUT2D eigenvalue weighted by atomic mass is 10.0. The van der Waals surface area contributed by atoms with Crippen LogP contribution in [-0.2, 0) is 16.1 Å². The first-order chi connectivity index (χ1) is 16.9. The molecule has 4 rings (SSSR count). The van der Waals surface area contributed by atoms with Crippen molar-refractivity contribution in [2.24, 2.45) is 0 Å². The van der Waals surface area contributed by atoms with Crippen molar-refractivity contribution in [1.82, 2.24) is 14.8 Å². The third-order valence-corrected chi connectivity index (χ3v) is 7.24. The van der Waals surface area contributed by atoms with Crippen LogP contribution in [0.15, 0.2) is 59.8 Å². The van der Waals surface area contributed by atoms with Gasteiger partial charge in [-0.3, -0.25) is 4.79 Å². The molecule has 0 atom stereocenters. The largest absolute Gasteiger partial charge is 0.465 e. The fourth-order valence-electron chi connectivity index (χ4n) is 3.67. The van der Waals surface area contributed by atoms with Gasteiger partial charge >= 0.3 is 5.97 Å². The first-order valence-electron chi connectivity index (χ1n) is 10.8. The molecule has 7 nitrogen and oxygen atoms in total. The molecule has 0 bridgehead atoms. The number of esters is 1. The van der Waals surface area contributed by atoms with E-state index >= 15 is 0 Å². The first-order valence-corrected chi connectivity index (χ1v) is 12.6. The number of aromatic nitrogens is 3. The molecule has 0 aliphatic rings. The van der Waals surface area contributed by atoms with E-state index in [9.17, 15) is 14.0 Å². The summed E-state index contributed by atoms with van der Waals surface area (Å²) in [6, 6.07) is 15.6. The molecule has 1 N–H and O–H groups in total. The van der Waals surface area contributed by atoms with Crippen LogP contribution in [0, 0.1) is 12.7 Å². The quantitative estimate of drug-likeness (QED) is 0.243. The molecule has 2 heterocycles. The van der Waals surface area contributed by atoms with Gasteiger partial charge in [-0.1, -0.05) is 42.1 Å². The van der Waals surface area contributed by atoms with Crippen molar-refractivity contribution in [1.29, 1.82) is 0 Å². The van der Waals surface area contributed by atoms with E-state index in [0.717, 1.165) is 21.6 Å². The number of anilines is 1. The Balaban J connectivity index is 1.53. The average Bonchev–Trinajstić information content (AvgIpc) is 3.43. The molecular weight excluding hydrogens is 487 g/mol. The first kappa shape index (κ1) is 24.6. The van der Waals surface area contributed by atoms with Crippen molar-refractivity contribution in [2.45, 2.75) is 25.5 Å². The van der Waals surface area contributed by atoms with Crippen LogP contribution in [0.4, 0.5) is 9.39 Å². The third-order valence-electron chi connectivity index (χ3n) is 5.26. The van der Waals surface area contributed by atoms with Crippen molar-refractivity contribution in [2.75, 3.05) is 18.2 Å². The molecule has 180 valence electrons. The number of carbonyl (C=O) groups is 2. The summed E-state index contributed by atoms with van der Waals surface area (Å²) >= 11 is 2.57. The Morgan fingerprint density at radius 1 is 1.09 bits per heavy atom. The smallest absolute Gasteiger partial charge is 0.341 e. The lowest BCUT2D eigenvalue weighted by Crippen LogP contribution is -2.16. The van der Waals surface area contributed by atoms with Crippen LogP contribution in [0.2, 0.25) is 0 Å². The number of hydrogen-bond acceptors (Lipinski definition) is 7. The van der Waals surface area contributed by atoms with E-state index in [4.69, 9.17) is 4.74 Å². The highest BCUT2D eigenvalue weighted by molar-refractivity contribution is 7.99. The van der Waals surface area contributed by atoms with Crippen LogP contribution in [0.3, 0.4) is 0 Å². The van der Waals surface area contributed by atoms with Crippen molar-refractivity contribution in [3.8, 4) is 22.5 Å². The molecule has 0 radical (unpaired) electrons. The van der Waals surface area contributed by atoms with Gasteiger partial charge in [0.2, 0.25) is 5.91 Å². The van der Waals surface area contributed by atoms with Gasteiger partial charge in [0.25, 0.3) is 0 Å². The Morgan fingerprint density at radius 3 is 2.46 bits per heavy atom. The number of methoxy groups -OCH3 is 1. The topological polar surface area (TPSA) is 86.1 Å². The van der Waals surface area contributed by atoms with Gasteiger partial charge in [0.1, 0.15) is 16.4 Å². The number of thioether (sulfide) groups is 1. The van der Waals surface area contributed by atoms with Gasteiger partial charge in [0.05, 0.1) is 12.9 Å². The number of ether oxygens (including phenoxy) is 1. The van der Waals surface area contributed by atoms with Gasteiger partial charge in [0, 0.05) is 22.5 Å². The fourth-order valence-corrected chi connectivity index (χ4v) is 5.55. The minimum absolute atomic E-state index is 0.0692. The summed E-state index contributed by atoms with van der Waals surface area (Å²) < 4.78 is 20.2. The Labute approximate surface area is 210 Å². The zero-order valence-electron chi connectivity index (χ0n) is 19.4. The van der Waals surface area contributed by atoms with Gasteiger partial charge in [-0.15, -0.1) is 21.5 Å². The van der Waals surface area contributed by atoms with Gasteiger partial charge in [-0.25, -0.2) is 9.18 Å². The highest BCUT2D eigenvalue weighted by atomic mass is 32.2. The van der Waals surface area contributed by atoms with E-state index in [2.05, 4.69) is 15.5 Å². The number of rotatable bonds is 8.